The number of carbonyl (C=O) groups is 10. The first-order valence-corrected chi connectivity index (χ1v) is 32.6. The first-order valence-electron chi connectivity index (χ1n) is 32.6. The Morgan fingerprint density at radius 2 is 0.894 bits per heavy atom. The van der Waals surface area contributed by atoms with Crippen molar-refractivity contribution in [2.75, 3.05) is 159 Å². The predicted molar refractivity (Wildman–Crippen MR) is 342 cm³/mol. The van der Waals surface area contributed by atoms with Gasteiger partial charge in [0.05, 0.1) is 26.2 Å². The van der Waals surface area contributed by atoms with Gasteiger partial charge in [0.25, 0.3) is 0 Å². The summed E-state index contributed by atoms with van der Waals surface area (Å²) in [6, 6.07) is 3.11. The standard InChI is InChI=1S/C61H97N15O18/c77-49(62-21-9-8-12-47(56(90)91)64-61(94)65-48(57(92)93)19-20-51(80)81)13-7-5-3-1-2-4-6-10-22-69-28-33-74(34-29-69)59-66-58(67-60(68-59)75-35-30-70(31-36-75)23-11-14-50(78)79)63-45-17-15-44(16-18-45)38-46-39-73(42-54(86)87)27-26-71(40-52(82)83)24-25-72(41-53(84)85)32-37-76(46)43-55(88)89/h15-18,46-48H,1-14,19-43H2,(H,62,77)(H,78,79)(H,80,81)(H,82,83)(H,84,85)(H,86,87)(H,88,89)(H,90,91)(H,92,93)(H2,64,65,94)(H,63,66,67,68)/t46?,47-,48-/m0/s1. The number of anilines is 4. The van der Waals surface area contributed by atoms with Gasteiger partial charge in [0, 0.05) is 136 Å². The summed E-state index contributed by atoms with van der Waals surface area (Å²) in [5.74, 6) is -7.91. The molecule has 12 N–H and O–H groups in total. The molecule has 94 heavy (non-hydrogen) atoms. The average molecular weight is 1330 g/mol. The van der Waals surface area contributed by atoms with Crippen molar-refractivity contribution in [3.63, 3.8) is 0 Å². The molecule has 0 radical (unpaired) electrons. The number of aliphatic carboxylic acids is 8. The molecule has 5 rings (SSSR count). The molecular formula is C61H97N15O18. The van der Waals surface area contributed by atoms with Gasteiger partial charge in [0.2, 0.25) is 23.8 Å². The van der Waals surface area contributed by atoms with E-state index in [-0.39, 0.29) is 97.2 Å². The van der Waals surface area contributed by atoms with Crippen molar-refractivity contribution in [2.45, 2.75) is 127 Å². The van der Waals surface area contributed by atoms with E-state index in [1.165, 1.54) is 0 Å². The van der Waals surface area contributed by atoms with Gasteiger partial charge in [-0.2, -0.15) is 15.0 Å². The average Bonchev–Trinajstić information content (AvgIpc) is 0.818. The lowest BCUT2D eigenvalue weighted by Gasteiger charge is -2.37. The molecule has 33 nitrogen and oxygen atoms in total. The van der Waals surface area contributed by atoms with E-state index in [0.29, 0.717) is 108 Å². The van der Waals surface area contributed by atoms with Gasteiger partial charge in [-0.05, 0) is 82.2 Å². The molecule has 4 heterocycles. The summed E-state index contributed by atoms with van der Waals surface area (Å²) in [4.78, 5) is 148. The number of amides is 3. The van der Waals surface area contributed by atoms with Gasteiger partial charge in [-0.15, -0.1) is 0 Å². The molecule has 3 aliphatic rings. The number of unbranched alkanes of at least 4 members (excludes halogenated alkanes) is 8. The normalized spacial score (nSPS) is 17.6. The van der Waals surface area contributed by atoms with Crippen LogP contribution in [0.3, 0.4) is 0 Å². The van der Waals surface area contributed by atoms with Gasteiger partial charge < -0.3 is 71.9 Å². The van der Waals surface area contributed by atoms with Gasteiger partial charge >= 0.3 is 53.8 Å². The Labute approximate surface area is 546 Å². The lowest BCUT2D eigenvalue weighted by Crippen LogP contribution is -2.53. The minimum atomic E-state index is -1.50. The maximum absolute atomic E-state index is 12.4. The Bertz CT molecular complexity index is 2760. The largest absolute Gasteiger partial charge is 0.481 e. The first kappa shape index (κ1) is 76.6. The number of nitrogens with zero attached hydrogens (tertiary/aromatic N) is 11. The van der Waals surface area contributed by atoms with Crippen LogP contribution >= 0.6 is 0 Å². The third-order valence-corrected chi connectivity index (χ3v) is 16.8. The van der Waals surface area contributed by atoms with Crippen molar-refractivity contribution < 1.29 is 88.8 Å². The highest BCUT2D eigenvalue weighted by Gasteiger charge is 2.30. The zero-order valence-corrected chi connectivity index (χ0v) is 53.7. The number of rotatable bonds is 41. The zero-order chi connectivity index (χ0) is 68.4. The van der Waals surface area contributed by atoms with Gasteiger partial charge in [-0.1, -0.05) is 50.7 Å². The Kier molecular flexibility index (Phi) is 33.9. The van der Waals surface area contributed by atoms with E-state index in [9.17, 15) is 83.7 Å². The van der Waals surface area contributed by atoms with E-state index in [1.54, 1.807) is 19.6 Å². The maximum atomic E-state index is 12.4. The van der Waals surface area contributed by atoms with E-state index >= 15 is 0 Å². The molecule has 1 unspecified atom stereocenters. The van der Waals surface area contributed by atoms with Crippen LogP contribution < -0.4 is 31.1 Å². The quantitative estimate of drug-likeness (QED) is 0.0414. The molecule has 3 amide bonds. The van der Waals surface area contributed by atoms with E-state index in [4.69, 9.17) is 20.1 Å². The molecule has 3 aliphatic heterocycles. The monoisotopic (exact) mass is 1330 g/mol. The number of benzene rings is 1. The second-order valence-electron chi connectivity index (χ2n) is 24.2. The number of aromatic nitrogens is 3. The van der Waals surface area contributed by atoms with Gasteiger partial charge in [-0.3, -0.25) is 63.0 Å². The predicted octanol–water partition coefficient (Wildman–Crippen LogP) is 1.06. The minimum Gasteiger partial charge on any atom is -0.481 e. The van der Waals surface area contributed by atoms with Crippen molar-refractivity contribution >= 4 is 83.2 Å². The smallest absolute Gasteiger partial charge is 0.326 e. The van der Waals surface area contributed by atoms with Crippen LogP contribution in [0.5, 0.6) is 0 Å². The highest BCUT2D eigenvalue weighted by Crippen LogP contribution is 2.24. The Morgan fingerprint density at radius 1 is 0.436 bits per heavy atom. The number of carbonyl (C=O) groups excluding carboxylic acids is 2. The lowest BCUT2D eigenvalue weighted by atomic mass is 10.0. The summed E-state index contributed by atoms with van der Waals surface area (Å²) in [5.41, 5.74) is 1.47. The fourth-order valence-corrected chi connectivity index (χ4v) is 11.6. The summed E-state index contributed by atoms with van der Waals surface area (Å²) >= 11 is 0. The van der Waals surface area contributed by atoms with Crippen LogP contribution in [-0.4, -0.2) is 307 Å². The number of piperazine rings is 2. The molecule has 33 heteroatoms. The first-order chi connectivity index (χ1) is 45.0. The fourth-order valence-electron chi connectivity index (χ4n) is 11.6. The molecule has 3 atom stereocenters. The molecule has 2 aromatic rings. The summed E-state index contributed by atoms with van der Waals surface area (Å²) in [6.07, 6.45) is 9.45. The van der Waals surface area contributed by atoms with E-state index < -0.39 is 78.3 Å². The highest BCUT2D eigenvalue weighted by molar-refractivity contribution is 5.86. The number of urea groups is 1. The molecule has 0 aliphatic carbocycles. The second-order valence-corrected chi connectivity index (χ2v) is 24.2. The number of carboxylic acid groups (broad SMARTS) is 8. The third kappa shape index (κ3) is 30.8. The van der Waals surface area contributed by atoms with Crippen LogP contribution in [0.15, 0.2) is 24.3 Å². The van der Waals surface area contributed by atoms with Crippen molar-refractivity contribution in [3.05, 3.63) is 29.8 Å². The summed E-state index contributed by atoms with van der Waals surface area (Å²) in [7, 11) is 0. The Balaban J connectivity index is 1.09. The van der Waals surface area contributed by atoms with Crippen molar-refractivity contribution in [3.8, 4) is 0 Å². The summed E-state index contributed by atoms with van der Waals surface area (Å²) in [5, 5.41) is 86.6. The fraction of sp³-hybridized carbons (Fsp3) is 0.689. The molecule has 0 spiro atoms. The Hall–Kier alpha value is -8.11. The van der Waals surface area contributed by atoms with Gasteiger partial charge in [0.15, 0.2) is 0 Å². The SMILES string of the molecule is O=C(O)CCCN1CCN(c2nc(Nc3ccc(CC4CN(CC(=O)O)CCN(CC(=O)O)CCN(CC(=O)O)CCN4CC(=O)O)cc3)nc(N3CCN(CCCCCCCCCCC(=O)NCCCC[C@H](NC(=O)N[C@@H](CCC(=O)O)C(=O)O)C(=O)O)CC3)n2)CC1. The minimum absolute atomic E-state index is 0.0401. The van der Waals surface area contributed by atoms with Crippen LogP contribution in [0, 0.1) is 0 Å². The maximum Gasteiger partial charge on any atom is 0.326 e. The molecule has 524 valence electrons. The number of carboxylic acids is 8. The zero-order valence-electron chi connectivity index (χ0n) is 53.7. The van der Waals surface area contributed by atoms with Crippen LogP contribution in [0.25, 0.3) is 0 Å². The third-order valence-electron chi connectivity index (χ3n) is 16.8. The van der Waals surface area contributed by atoms with Crippen LogP contribution in [0.1, 0.15) is 108 Å². The van der Waals surface area contributed by atoms with Gasteiger partial charge in [-0.25, -0.2) is 14.4 Å². The number of hydrogen-bond donors (Lipinski definition) is 12. The van der Waals surface area contributed by atoms with Crippen molar-refractivity contribution in [1.29, 1.82) is 0 Å². The molecule has 1 aromatic heterocycles. The molecule has 3 fully saturated rings. The topological polar surface area (TPSA) is 445 Å². The Morgan fingerprint density at radius 3 is 1.40 bits per heavy atom. The van der Waals surface area contributed by atoms with E-state index in [1.807, 2.05) is 24.3 Å². The summed E-state index contributed by atoms with van der Waals surface area (Å²) in [6.45, 7) is 7.44. The van der Waals surface area contributed by atoms with Crippen molar-refractivity contribution in [2.24, 2.45) is 0 Å². The van der Waals surface area contributed by atoms with Crippen molar-refractivity contribution in [1.82, 2.24) is 60.3 Å². The lowest BCUT2D eigenvalue weighted by molar-refractivity contribution is -0.142. The van der Waals surface area contributed by atoms with Crippen LogP contribution in [0.4, 0.5) is 28.3 Å². The summed E-state index contributed by atoms with van der Waals surface area (Å²) < 4.78 is 0. The number of hydrogen-bond acceptors (Lipinski definition) is 22. The van der Waals surface area contributed by atoms with E-state index in [2.05, 4.69) is 40.9 Å². The molecule has 0 saturated carbocycles. The molecular weight excluding hydrogens is 1230 g/mol. The molecule has 0 bridgehead atoms. The van der Waals surface area contributed by atoms with Crippen LogP contribution in [-0.2, 0) is 49.6 Å². The molecule has 1 aromatic carbocycles. The second kappa shape index (κ2) is 41.6. The highest BCUT2D eigenvalue weighted by atomic mass is 16.4. The number of nitrogens with one attached hydrogen (secondary N) is 4. The van der Waals surface area contributed by atoms with Crippen LogP contribution in [0.2, 0.25) is 0 Å². The van der Waals surface area contributed by atoms with Gasteiger partial charge in [0.1, 0.15) is 12.1 Å². The van der Waals surface area contributed by atoms with E-state index in [0.717, 1.165) is 76.6 Å². The molecule has 3 saturated heterocycles.